The van der Waals surface area contributed by atoms with Crippen LogP contribution in [0.5, 0.6) is 0 Å². The molecule has 112 valence electrons. The molecule has 2 unspecified atom stereocenters. The monoisotopic (exact) mass is 317 g/mol. The number of halogens is 1. The van der Waals surface area contributed by atoms with Crippen molar-refractivity contribution in [3.63, 3.8) is 0 Å². The molecule has 4 nitrogen and oxygen atoms in total. The molecule has 0 bridgehead atoms. The molecule has 2 atom stereocenters. The van der Waals surface area contributed by atoms with E-state index in [0.717, 1.165) is 11.0 Å². The standard InChI is InChI=1S/C14H20ClNO3S/c1-11(9-12(2)17)10-16-20(18,19)8-7-13-3-5-14(15)6-4-13/h3-8,11-12,16-17H,9-10H2,1-2H3/b8-7+. The number of sulfonamides is 1. The van der Waals surface area contributed by atoms with Crippen molar-refractivity contribution in [2.45, 2.75) is 26.4 Å². The van der Waals surface area contributed by atoms with Gasteiger partial charge < -0.3 is 5.11 Å². The van der Waals surface area contributed by atoms with Crippen LogP contribution in [-0.4, -0.2) is 26.2 Å². The molecule has 1 aromatic rings. The van der Waals surface area contributed by atoms with E-state index in [0.29, 0.717) is 18.0 Å². The van der Waals surface area contributed by atoms with Gasteiger partial charge in [-0.2, -0.15) is 0 Å². The molecule has 2 N–H and O–H groups in total. The normalized spacial score (nSPS) is 15.4. The predicted octanol–water partition coefficient (Wildman–Crippen LogP) is 2.64. The van der Waals surface area contributed by atoms with Crippen molar-refractivity contribution < 1.29 is 13.5 Å². The van der Waals surface area contributed by atoms with E-state index in [-0.39, 0.29) is 5.92 Å². The molecule has 0 aliphatic heterocycles. The summed E-state index contributed by atoms with van der Waals surface area (Å²) >= 11 is 5.75. The highest BCUT2D eigenvalue weighted by Crippen LogP contribution is 2.11. The molecule has 0 aromatic heterocycles. The van der Waals surface area contributed by atoms with Gasteiger partial charge in [0.2, 0.25) is 10.0 Å². The van der Waals surface area contributed by atoms with Gasteiger partial charge in [0.25, 0.3) is 0 Å². The minimum atomic E-state index is -3.47. The number of hydrogen-bond acceptors (Lipinski definition) is 3. The van der Waals surface area contributed by atoms with Crippen LogP contribution in [0.25, 0.3) is 6.08 Å². The molecule has 0 saturated carbocycles. The van der Waals surface area contributed by atoms with Gasteiger partial charge in [0, 0.05) is 17.0 Å². The van der Waals surface area contributed by atoms with Crippen LogP contribution in [0.3, 0.4) is 0 Å². The number of rotatable bonds is 7. The Morgan fingerprint density at radius 1 is 1.30 bits per heavy atom. The van der Waals surface area contributed by atoms with E-state index >= 15 is 0 Å². The summed E-state index contributed by atoms with van der Waals surface area (Å²) in [6.45, 7) is 3.88. The van der Waals surface area contributed by atoms with Crippen LogP contribution in [0.2, 0.25) is 5.02 Å². The van der Waals surface area contributed by atoms with E-state index in [1.165, 1.54) is 6.08 Å². The van der Waals surface area contributed by atoms with E-state index in [1.807, 2.05) is 6.92 Å². The topological polar surface area (TPSA) is 66.4 Å². The molecule has 1 rings (SSSR count). The maximum Gasteiger partial charge on any atom is 0.233 e. The van der Waals surface area contributed by atoms with Crippen LogP contribution in [0.1, 0.15) is 25.8 Å². The van der Waals surface area contributed by atoms with Crippen LogP contribution < -0.4 is 4.72 Å². The van der Waals surface area contributed by atoms with Crippen molar-refractivity contribution >= 4 is 27.7 Å². The van der Waals surface area contributed by atoms with Crippen LogP contribution in [0.4, 0.5) is 0 Å². The third-order valence-corrected chi connectivity index (χ3v) is 4.00. The largest absolute Gasteiger partial charge is 0.393 e. The Hall–Kier alpha value is -0.880. The first-order valence-corrected chi connectivity index (χ1v) is 8.32. The summed E-state index contributed by atoms with van der Waals surface area (Å²) < 4.78 is 26.0. The van der Waals surface area contributed by atoms with Crippen LogP contribution in [0, 0.1) is 5.92 Å². The number of nitrogens with one attached hydrogen (secondary N) is 1. The summed E-state index contributed by atoms with van der Waals surface area (Å²) in [5.74, 6) is 0.0775. The maximum atomic E-state index is 11.8. The summed E-state index contributed by atoms with van der Waals surface area (Å²) in [7, 11) is -3.47. The predicted molar refractivity (Wildman–Crippen MR) is 82.9 cm³/mol. The SMILES string of the molecule is CC(O)CC(C)CNS(=O)(=O)/C=C/c1ccc(Cl)cc1. The second-order valence-electron chi connectivity index (χ2n) is 4.94. The van der Waals surface area contributed by atoms with Crippen molar-refractivity contribution in [1.29, 1.82) is 0 Å². The van der Waals surface area contributed by atoms with Gasteiger partial charge >= 0.3 is 0 Å². The summed E-state index contributed by atoms with van der Waals surface area (Å²) in [6, 6.07) is 6.88. The molecule has 20 heavy (non-hydrogen) atoms. The lowest BCUT2D eigenvalue weighted by Gasteiger charge is -2.13. The minimum absolute atomic E-state index is 0.0775. The smallest absolute Gasteiger partial charge is 0.233 e. The van der Waals surface area contributed by atoms with Gasteiger partial charge in [-0.1, -0.05) is 30.7 Å². The van der Waals surface area contributed by atoms with Crippen LogP contribution in [-0.2, 0) is 10.0 Å². The van der Waals surface area contributed by atoms with Gasteiger partial charge in [-0.15, -0.1) is 0 Å². The molecule has 0 radical (unpaired) electrons. The van der Waals surface area contributed by atoms with E-state index in [2.05, 4.69) is 4.72 Å². The van der Waals surface area contributed by atoms with Gasteiger partial charge in [0.15, 0.2) is 0 Å². The van der Waals surface area contributed by atoms with Crippen molar-refractivity contribution in [1.82, 2.24) is 4.72 Å². The molecule has 1 aromatic carbocycles. The highest BCUT2D eigenvalue weighted by atomic mass is 35.5. The first kappa shape index (κ1) is 17.2. The molecule has 0 fully saturated rings. The molecule has 0 amide bonds. The van der Waals surface area contributed by atoms with E-state index < -0.39 is 16.1 Å². The number of aliphatic hydroxyl groups excluding tert-OH is 1. The summed E-state index contributed by atoms with van der Waals surface area (Å²) in [6.07, 6.45) is 1.64. The maximum absolute atomic E-state index is 11.8. The fourth-order valence-corrected chi connectivity index (χ4v) is 2.79. The summed E-state index contributed by atoms with van der Waals surface area (Å²) in [4.78, 5) is 0. The van der Waals surface area contributed by atoms with Gasteiger partial charge in [-0.3, -0.25) is 0 Å². The first-order chi connectivity index (χ1) is 9.28. The quantitative estimate of drug-likeness (QED) is 0.812. The van der Waals surface area contributed by atoms with Crippen molar-refractivity contribution in [2.24, 2.45) is 5.92 Å². The Bertz CT molecular complexity index is 538. The lowest BCUT2D eigenvalue weighted by atomic mass is 10.1. The minimum Gasteiger partial charge on any atom is -0.393 e. The van der Waals surface area contributed by atoms with Gasteiger partial charge in [0.05, 0.1) is 6.10 Å². The molecular weight excluding hydrogens is 298 g/mol. The zero-order valence-electron chi connectivity index (χ0n) is 11.6. The van der Waals surface area contributed by atoms with Gasteiger partial charge in [-0.25, -0.2) is 13.1 Å². The lowest BCUT2D eigenvalue weighted by molar-refractivity contribution is 0.165. The zero-order valence-corrected chi connectivity index (χ0v) is 13.2. The fourth-order valence-electron chi connectivity index (χ4n) is 1.71. The van der Waals surface area contributed by atoms with E-state index in [1.54, 1.807) is 31.2 Å². The first-order valence-electron chi connectivity index (χ1n) is 6.40. The Kier molecular flexibility index (Phi) is 6.68. The average molecular weight is 318 g/mol. The molecule has 6 heteroatoms. The second-order valence-corrected chi connectivity index (χ2v) is 7.02. The third-order valence-electron chi connectivity index (χ3n) is 2.69. The average Bonchev–Trinajstić information content (AvgIpc) is 2.35. The van der Waals surface area contributed by atoms with Gasteiger partial charge in [0.1, 0.15) is 0 Å². The Balaban J connectivity index is 2.55. The molecule has 0 aliphatic carbocycles. The van der Waals surface area contributed by atoms with Gasteiger partial charge in [-0.05, 0) is 43.0 Å². The van der Waals surface area contributed by atoms with Crippen molar-refractivity contribution in [2.75, 3.05) is 6.54 Å². The Morgan fingerprint density at radius 2 is 1.90 bits per heavy atom. The Labute approximate surface area is 125 Å². The summed E-state index contributed by atoms with van der Waals surface area (Å²) in [5.41, 5.74) is 0.761. The van der Waals surface area contributed by atoms with Crippen LogP contribution in [0.15, 0.2) is 29.7 Å². The van der Waals surface area contributed by atoms with E-state index in [9.17, 15) is 13.5 Å². The lowest BCUT2D eigenvalue weighted by Crippen LogP contribution is -2.28. The third kappa shape index (κ3) is 7.05. The number of benzene rings is 1. The zero-order chi connectivity index (χ0) is 15.2. The Morgan fingerprint density at radius 3 is 2.45 bits per heavy atom. The highest BCUT2D eigenvalue weighted by Gasteiger charge is 2.10. The number of aliphatic hydroxyl groups is 1. The van der Waals surface area contributed by atoms with Crippen molar-refractivity contribution in [3.05, 3.63) is 40.3 Å². The van der Waals surface area contributed by atoms with Crippen LogP contribution >= 0.6 is 11.6 Å². The molecular formula is C14H20ClNO3S. The number of hydrogen-bond donors (Lipinski definition) is 2. The highest BCUT2D eigenvalue weighted by molar-refractivity contribution is 7.92. The second kappa shape index (κ2) is 7.78. The molecule has 0 heterocycles. The summed E-state index contributed by atoms with van der Waals surface area (Å²) in [5, 5.41) is 11.0. The molecule has 0 spiro atoms. The molecule has 0 aliphatic rings. The van der Waals surface area contributed by atoms with E-state index in [4.69, 9.17) is 11.6 Å². The van der Waals surface area contributed by atoms with Crippen molar-refractivity contribution in [3.8, 4) is 0 Å². The molecule has 0 saturated heterocycles. The fraction of sp³-hybridized carbons (Fsp3) is 0.429.